The molecule has 2 aliphatic heterocycles. The van der Waals surface area contributed by atoms with Gasteiger partial charge in [-0.05, 0) is 105 Å². The lowest BCUT2D eigenvalue weighted by Gasteiger charge is -2.36. The minimum absolute atomic E-state index is 0.00607. The molecule has 5 heterocycles. The van der Waals surface area contributed by atoms with E-state index < -0.39 is 23.2 Å². The number of unbranched alkanes of at least 4 members (excludes halogenated alkanes) is 3. The number of nitrogens with zero attached hydrogens (tertiary/aromatic N) is 8. The predicted octanol–water partition coefficient (Wildman–Crippen LogP) is 6.41. The van der Waals surface area contributed by atoms with Crippen molar-refractivity contribution in [1.82, 2.24) is 30.5 Å². The molecule has 0 atom stereocenters. The minimum Gasteiger partial charge on any atom is -0.368 e. The zero-order valence-corrected chi connectivity index (χ0v) is 37.0. The molecule has 0 bridgehead atoms. The number of nitrogens with one attached hydrogen (secondary N) is 2. The summed E-state index contributed by atoms with van der Waals surface area (Å²) in [5, 5.41) is 15.0. The number of thiocarbonyl (C=S) groups is 1. The number of anilines is 3. The number of ketones is 1. The predicted molar refractivity (Wildman–Crippen MR) is 243 cm³/mol. The molecular formula is C46H48ClFN10O4S. The van der Waals surface area contributed by atoms with Crippen molar-refractivity contribution in [2.75, 3.05) is 54.0 Å². The van der Waals surface area contributed by atoms with Gasteiger partial charge in [0.1, 0.15) is 23.1 Å². The largest absolute Gasteiger partial charge is 0.368 e. The lowest BCUT2D eigenvalue weighted by atomic mass is 9.92. The van der Waals surface area contributed by atoms with Crippen molar-refractivity contribution in [3.63, 3.8) is 0 Å². The number of aromatic nitrogens is 3. The fourth-order valence-electron chi connectivity index (χ4n) is 8.00. The molecule has 326 valence electrons. The molecule has 14 nitrogen and oxygen atoms in total. The molecule has 7 rings (SSSR count). The van der Waals surface area contributed by atoms with Gasteiger partial charge in [0.25, 0.3) is 17.7 Å². The summed E-state index contributed by atoms with van der Waals surface area (Å²) in [6.07, 6.45) is 11.1. The number of piperazine rings is 1. The summed E-state index contributed by atoms with van der Waals surface area (Å²) in [5.74, 6) is -1.78. The van der Waals surface area contributed by atoms with Gasteiger partial charge in [-0.15, -0.1) is 0 Å². The standard InChI is InChI=1S/C46H48ClFN10O4S/c1-4-30-20-39-31(21-41(30)59)19-29(25-52-39)28-55-15-17-56(18-16-55)33-10-12-38(53-26-33)43(61)51-14-8-6-5-7-13-50-42(60)35-11-9-32(23-37(35)48)58-45(63)57(44(62)46(58,2)3)34-22-36(47)40(24-49)54-27-34/h9-12,19-20,22-23,25-27H,4-8,13-18,21,28H2,1-3H3,(H,50,60)(H,51,61). The van der Waals surface area contributed by atoms with E-state index in [4.69, 9.17) is 29.1 Å². The molecule has 4 aromatic rings. The van der Waals surface area contributed by atoms with E-state index in [0.29, 0.717) is 31.6 Å². The number of hydrogen-bond acceptors (Lipinski definition) is 11. The Hall–Kier alpha value is -6.15. The number of fused-ring (bicyclic) bond motifs is 1. The van der Waals surface area contributed by atoms with E-state index in [0.717, 1.165) is 86.5 Å². The van der Waals surface area contributed by atoms with Crippen LogP contribution in [0.25, 0.3) is 6.08 Å². The number of Topliss-reactive ketones (excluding diaryl/α,β-unsaturated/α-hetero) is 1. The highest BCUT2D eigenvalue weighted by atomic mass is 35.5. The summed E-state index contributed by atoms with van der Waals surface area (Å²) in [6.45, 7) is 10.3. The van der Waals surface area contributed by atoms with Crippen molar-refractivity contribution in [3.8, 4) is 6.07 Å². The van der Waals surface area contributed by atoms with E-state index in [2.05, 4.69) is 41.5 Å². The summed E-state index contributed by atoms with van der Waals surface area (Å²) in [7, 11) is 0. The molecule has 0 saturated carbocycles. The van der Waals surface area contributed by atoms with Crippen LogP contribution in [0.15, 0.2) is 66.6 Å². The third kappa shape index (κ3) is 9.91. The molecule has 1 aliphatic carbocycles. The molecule has 2 N–H and O–H groups in total. The van der Waals surface area contributed by atoms with Crippen LogP contribution in [0.4, 0.5) is 21.5 Å². The first-order valence-corrected chi connectivity index (χ1v) is 21.8. The Bertz CT molecular complexity index is 2520. The number of carbonyl (C=O) groups excluding carboxylic acids is 4. The van der Waals surface area contributed by atoms with Crippen LogP contribution in [-0.2, 0) is 22.6 Å². The van der Waals surface area contributed by atoms with Crippen LogP contribution in [0, 0.1) is 17.1 Å². The number of benzene rings is 1. The van der Waals surface area contributed by atoms with Crippen LogP contribution in [0.1, 0.15) is 96.2 Å². The first kappa shape index (κ1) is 44.9. The molecule has 1 aromatic carbocycles. The van der Waals surface area contributed by atoms with Crippen LogP contribution in [-0.4, -0.2) is 93.3 Å². The number of halogens is 2. The summed E-state index contributed by atoms with van der Waals surface area (Å²) in [4.78, 5) is 72.0. The monoisotopic (exact) mass is 890 g/mol. The Labute approximate surface area is 376 Å². The summed E-state index contributed by atoms with van der Waals surface area (Å²) in [6, 6.07) is 13.2. The zero-order chi connectivity index (χ0) is 44.8. The third-order valence-corrected chi connectivity index (χ3v) is 12.2. The number of pyridine rings is 3. The second kappa shape index (κ2) is 19.5. The zero-order valence-electron chi connectivity index (χ0n) is 35.4. The van der Waals surface area contributed by atoms with Gasteiger partial charge >= 0.3 is 0 Å². The van der Waals surface area contributed by atoms with E-state index in [1.165, 1.54) is 40.3 Å². The van der Waals surface area contributed by atoms with E-state index in [1.807, 2.05) is 31.3 Å². The minimum atomic E-state index is -1.21. The van der Waals surface area contributed by atoms with Crippen molar-refractivity contribution in [2.45, 2.75) is 71.4 Å². The topological polar surface area (TPSA) is 168 Å². The first-order valence-electron chi connectivity index (χ1n) is 21.0. The van der Waals surface area contributed by atoms with Gasteiger partial charge < -0.3 is 20.4 Å². The van der Waals surface area contributed by atoms with Gasteiger partial charge in [0.05, 0.1) is 40.0 Å². The van der Waals surface area contributed by atoms with Crippen LogP contribution in [0.2, 0.25) is 5.02 Å². The maximum atomic E-state index is 15.4. The average Bonchev–Trinajstić information content (AvgIpc) is 3.45. The van der Waals surface area contributed by atoms with E-state index in [1.54, 1.807) is 26.1 Å². The highest BCUT2D eigenvalue weighted by Crippen LogP contribution is 2.37. The molecule has 0 unspecified atom stereocenters. The molecule has 3 aliphatic rings. The maximum Gasteiger partial charge on any atom is 0.269 e. The number of carbonyl (C=O) groups is 4. The van der Waals surface area contributed by atoms with E-state index in [-0.39, 0.29) is 44.5 Å². The Kier molecular flexibility index (Phi) is 13.9. The molecular weight excluding hydrogens is 843 g/mol. The van der Waals surface area contributed by atoms with Gasteiger partial charge in [0.2, 0.25) is 0 Å². The second-order valence-corrected chi connectivity index (χ2v) is 17.0. The number of allylic oxidation sites excluding steroid dienone is 1. The lowest BCUT2D eigenvalue weighted by Crippen LogP contribution is -2.46. The average molecular weight is 891 g/mol. The lowest BCUT2D eigenvalue weighted by molar-refractivity contribution is -0.120. The summed E-state index contributed by atoms with van der Waals surface area (Å²) >= 11 is 11.8. The molecule has 17 heteroatoms. The summed E-state index contributed by atoms with van der Waals surface area (Å²) in [5.41, 5.74) is 4.40. The van der Waals surface area contributed by atoms with Crippen LogP contribution in [0.3, 0.4) is 0 Å². The molecule has 0 spiro atoms. The Morgan fingerprint density at radius 1 is 0.889 bits per heavy atom. The molecule has 3 aromatic heterocycles. The fraction of sp³-hybridized carbons (Fsp3) is 0.370. The van der Waals surface area contributed by atoms with Gasteiger partial charge in [-0.25, -0.2) is 14.4 Å². The second-order valence-electron chi connectivity index (χ2n) is 16.2. The fourth-order valence-corrected chi connectivity index (χ4v) is 8.72. The van der Waals surface area contributed by atoms with Crippen LogP contribution in [0.5, 0.6) is 0 Å². The molecule has 2 saturated heterocycles. The SMILES string of the molecule is CCC1=Cc2ncc(CN3CCN(c4ccc(C(=O)NCCCCCCNC(=O)c5ccc(N6C(=S)N(c7cnc(C#N)c(Cl)c7)C(=O)C6(C)C)cc5F)nc4)CC3)cc2CC1=O. The molecule has 63 heavy (non-hydrogen) atoms. The Morgan fingerprint density at radius 3 is 2.24 bits per heavy atom. The first-order chi connectivity index (χ1) is 30.3. The number of amides is 3. The number of hydrogen-bond donors (Lipinski definition) is 2. The Balaban J connectivity index is 0.789. The highest BCUT2D eigenvalue weighted by molar-refractivity contribution is 7.81. The van der Waals surface area contributed by atoms with Gasteiger partial charge in [-0.2, -0.15) is 5.26 Å². The van der Waals surface area contributed by atoms with Gasteiger partial charge in [0.15, 0.2) is 16.6 Å². The smallest absolute Gasteiger partial charge is 0.269 e. The van der Waals surface area contributed by atoms with Gasteiger partial charge in [0, 0.05) is 64.1 Å². The molecule has 0 radical (unpaired) electrons. The number of nitriles is 1. The maximum absolute atomic E-state index is 15.4. The normalized spacial score (nSPS) is 16.2. The van der Waals surface area contributed by atoms with Crippen molar-refractivity contribution in [1.29, 1.82) is 5.26 Å². The van der Waals surface area contributed by atoms with Crippen molar-refractivity contribution in [2.24, 2.45) is 0 Å². The molecule has 2 fully saturated rings. The van der Waals surface area contributed by atoms with E-state index in [9.17, 15) is 19.2 Å². The van der Waals surface area contributed by atoms with Gasteiger partial charge in [-0.1, -0.05) is 37.4 Å². The molecule has 3 amide bonds. The van der Waals surface area contributed by atoms with Crippen LogP contribution < -0.4 is 25.3 Å². The third-order valence-electron chi connectivity index (χ3n) is 11.6. The van der Waals surface area contributed by atoms with Crippen molar-refractivity contribution >= 4 is 75.6 Å². The van der Waals surface area contributed by atoms with Crippen LogP contribution >= 0.6 is 23.8 Å². The highest BCUT2D eigenvalue weighted by Gasteiger charge is 2.50. The van der Waals surface area contributed by atoms with Crippen molar-refractivity contribution < 1.29 is 23.6 Å². The van der Waals surface area contributed by atoms with E-state index >= 15 is 4.39 Å². The van der Waals surface area contributed by atoms with Crippen molar-refractivity contribution in [3.05, 3.63) is 111 Å². The Morgan fingerprint density at radius 2 is 1.59 bits per heavy atom. The quantitative estimate of drug-likeness (QED) is 0.0996. The van der Waals surface area contributed by atoms with Gasteiger partial charge in [-0.3, -0.25) is 34.0 Å². The number of rotatable bonds is 15. The summed E-state index contributed by atoms with van der Waals surface area (Å²) < 4.78 is 15.4.